The zero-order valence-corrected chi connectivity index (χ0v) is 12.6. The van der Waals surface area contributed by atoms with E-state index >= 15 is 0 Å². The van der Waals surface area contributed by atoms with E-state index in [1.165, 1.54) is 0 Å². The van der Waals surface area contributed by atoms with E-state index in [1.54, 1.807) is 4.68 Å². The third kappa shape index (κ3) is 4.43. The zero-order valence-electron chi connectivity index (χ0n) is 12.6. The lowest BCUT2D eigenvalue weighted by Gasteiger charge is -2.21. The molecule has 0 saturated heterocycles. The molecule has 0 bridgehead atoms. The molecule has 20 heavy (non-hydrogen) atoms. The predicted molar refractivity (Wildman–Crippen MR) is 77.6 cm³/mol. The lowest BCUT2D eigenvalue weighted by molar-refractivity contribution is 0.0505. The Hall–Kier alpha value is -1.72. The van der Waals surface area contributed by atoms with Crippen molar-refractivity contribution in [3.63, 3.8) is 0 Å². The van der Waals surface area contributed by atoms with E-state index in [0.717, 1.165) is 24.9 Å². The van der Waals surface area contributed by atoms with Crippen LogP contribution in [0.15, 0.2) is 12.4 Å². The van der Waals surface area contributed by atoms with Crippen molar-refractivity contribution < 1.29 is 9.53 Å². The zero-order chi connectivity index (χ0) is 14.8. The van der Waals surface area contributed by atoms with Crippen molar-refractivity contribution in [2.45, 2.75) is 57.7 Å². The second-order valence-corrected chi connectivity index (χ2v) is 6.40. The summed E-state index contributed by atoms with van der Waals surface area (Å²) < 4.78 is 7.04. The molecule has 1 aliphatic carbocycles. The minimum Gasteiger partial charge on any atom is -0.444 e. The van der Waals surface area contributed by atoms with E-state index in [2.05, 4.69) is 15.7 Å². The molecule has 2 unspecified atom stereocenters. The summed E-state index contributed by atoms with van der Waals surface area (Å²) in [6.45, 7) is 5.61. The summed E-state index contributed by atoms with van der Waals surface area (Å²) in [6, 6.07) is 0.554. The van der Waals surface area contributed by atoms with Crippen LogP contribution < -0.4 is 10.6 Å². The number of alkyl carbamates (subject to hydrolysis) is 1. The molecule has 1 heterocycles. The Morgan fingerprint density at radius 1 is 1.40 bits per heavy atom. The number of hydrogen-bond acceptors (Lipinski definition) is 4. The van der Waals surface area contributed by atoms with Gasteiger partial charge in [0.1, 0.15) is 5.60 Å². The molecule has 1 amide bonds. The molecule has 1 saturated carbocycles. The Labute approximate surface area is 119 Å². The second kappa shape index (κ2) is 5.73. The van der Waals surface area contributed by atoms with Gasteiger partial charge in [-0.15, -0.1) is 0 Å². The van der Waals surface area contributed by atoms with Gasteiger partial charge in [-0.25, -0.2) is 4.79 Å². The first-order valence-corrected chi connectivity index (χ1v) is 7.06. The SMILES string of the molecule is Cn1cc(NC2CCC(NC(=O)OC(C)(C)C)C2)cn1. The first-order chi connectivity index (χ1) is 9.32. The van der Waals surface area contributed by atoms with Gasteiger partial charge in [0.25, 0.3) is 0 Å². The Morgan fingerprint density at radius 2 is 2.10 bits per heavy atom. The van der Waals surface area contributed by atoms with Crippen LogP contribution in [0.4, 0.5) is 10.5 Å². The number of carbonyl (C=O) groups is 1. The topological polar surface area (TPSA) is 68.2 Å². The number of rotatable bonds is 3. The van der Waals surface area contributed by atoms with Crippen molar-refractivity contribution in [3.8, 4) is 0 Å². The van der Waals surface area contributed by atoms with Gasteiger partial charge in [0.15, 0.2) is 0 Å². The van der Waals surface area contributed by atoms with Gasteiger partial charge in [-0.2, -0.15) is 5.10 Å². The van der Waals surface area contributed by atoms with Crippen LogP contribution in [0.3, 0.4) is 0 Å². The maximum Gasteiger partial charge on any atom is 0.407 e. The highest BCUT2D eigenvalue weighted by Crippen LogP contribution is 2.23. The number of anilines is 1. The molecule has 0 spiro atoms. The highest BCUT2D eigenvalue weighted by atomic mass is 16.6. The van der Waals surface area contributed by atoms with Gasteiger partial charge in [0.05, 0.1) is 11.9 Å². The van der Waals surface area contributed by atoms with Crippen molar-refractivity contribution in [3.05, 3.63) is 12.4 Å². The predicted octanol–water partition coefficient (Wildman–Crippen LogP) is 2.28. The molecular formula is C14H24N4O2. The fourth-order valence-electron chi connectivity index (χ4n) is 2.45. The van der Waals surface area contributed by atoms with Gasteiger partial charge in [0, 0.05) is 25.3 Å². The first kappa shape index (κ1) is 14.7. The molecule has 2 rings (SSSR count). The Balaban J connectivity index is 1.76. The van der Waals surface area contributed by atoms with Crippen molar-refractivity contribution >= 4 is 11.8 Å². The van der Waals surface area contributed by atoms with Crippen LogP contribution in [-0.4, -0.2) is 33.6 Å². The molecule has 112 valence electrons. The average molecular weight is 280 g/mol. The molecule has 1 aromatic rings. The van der Waals surface area contributed by atoms with Gasteiger partial charge in [-0.3, -0.25) is 4.68 Å². The second-order valence-electron chi connectivity index (χ2n) is 6.40. The lowest BCUT2D eigenvalue weighted by atomic mass is 10.2. The Kier molecular flexibility index (Phi) is 4.20. The minimum atomic E-state index is -0.448. The molecule has 6 nitrogen and oxygen atoms in total. The normalized spacial score (nSPS) is 22.6. The monoisotopic (exact) mass is 280 g/mol. The van der Waals surface area contributed by atoms with Crippen LogP contribution in [0, 0.1) is 0 Å². The van der Waals surface area contributed by atoms with E-state index in [1.807, 2.05) is 40.2 Å². The number of aryl methyl sites for hydroxylation is 1. The standard InChI is InChI=1S/C14H24N4O2/c1-14(2,3)20-13(19)17-11-6-5-10(7-11)16-12-8-15-18(4)9-12/h8-11,16H,5-7H2,1-4H3,(H,17,19). The molecular weight excluding hydrogens is 256 g/mol. The summed E-state index contributed by atoms with van der Waals surface area (Å²) in [5.74, 6) is 0. The van der Waals surface area contributed by atoms with Gasteiger partial charge in [-0.05, 0) is 40.0 Å². The van der Waals surface area contributed by atoms with E-state index in [9.17, 15) is 4.79 Å². The number of nitrogens with one attached hydrogen (secondary N) is 2. The van der Waals surface area contributed by atoms with Crippen LogP contribution in [0.2, 0.25) is 0 Å². The smallest absolute Gasteiger partial charge is 0.407 e. The highest BCUT2D eigenvalue weighted by Gasteiger charge is 2.27. The molecule has 2 N–H and O–H groups in total. The summed E-state index contributed by atoms with van der Waals surface area (Å²) in [6.07, 6.45) is 6.36. The average Bonchev–Trinajstić information content (AvgIpc) is 2.86. The fraction of sp³-hybridized carbons (Fsp3) is 0.714. The molecule has 1 aromatic heterocycles. The quantitative estimate of drug-likeness (QED) is 0.891. The van der Waals surface area contributed by atoms with Crippen molar-refractivity contribution in [1.82, 2.24) is 15.1 Å². The van der Waals surface area contributed by atoms with Gasteiger partial charge in [-0.1, -0.05) is 0 Å². The first-order valence-electron chi connectivity index (χ1n) is 7.06. The maximum atomic E-state index is 11.7. The Bertz CT molecular complexity index is 464. The van der Waals surface area contributed by atoms with E-state index in [0.29, 0.717) is 6.04 Å². The van der Waals surface area contributed by atoms with Gasteiger partial charge < -0.3 is 15.4 Å². The van der Waals surface area contributed by atoms with Gasteiger partial charge >= 0.3 is 6.09 Å². The number of ether oxygens (including phenoxy) is 1. The molecule has 2 atom stereocenters. The number of amides is 1. The summed E-state index contributed by atoms with van der Waals surface area (Å²) in [5, 5.41) is 10.5. The third-order valence-corrected chi connectivity index (χ3v) is 3.23. The number of nitrogens with zero attached hydrogens (tertiary/aromatic N) is 2. The highest BCUT2D eigenvalue weighted by molar-refractivity contribution is 5.68. The maximum absolute atomic E-state index is 11.7. The van der Waals surface area contributed by atoms with E-state index in [4.69, 9.17) is 4.74 Å². The molecule has 0 radical (unpaired) electrons. The van der Waals surface area contributed by atoms with Crippen LogP contribution >= 0.6 is 0 Å². The molecule has 1 fully saturated rings. The number of carbonyl (C=O) groups excluding carboxylic acids is 1. The van der Waals surface area contributed by atoms with Crippen LogP contribution in [0.5, 0.6) is 0 Å². The molecule has 0 aliphatic heterocycles. The van der Waals surface area contributed by atoms with Crippen molar-refractivity contribution in [1.29, 1.82) is 0 Å². The summed E-state index contributed by atoms with van der Waals surface area (Å²) in [4.78, 5) is 11.7. The van der Waals surface area contributed by atoms with Crippen LogP contribution in [-0.2, 0) is 11.8 Å². The van der Waals surface area contributed by atoms with Crippen LogP contribution in [0.25, 0.3) is 0 Å². The molecule has 0 aromatic carbocycles. The summed E-state index contributed by atoms with van der Waals surface area (Å²) >= 11 is 0. The van der Waals surface area contributed by atoms with E-state index in [-0.39, 0.29) is 12.1 Å². The fourth-order valence-corrected chi connectivity index (χ4v) is 2.45. The molecule has 1 aliphatic rings. The Morgan fingerprint density at radius 3 is 2.70 bits per heavy atom. The molecule has 6 heteroatoms. The summed E-state index contributed by atoms with van der Waals surface area (Å²) in [5.41, 5.74) is 0.575. The van der Waals surface area contributed by atoms with Gasteiger partial charge in [0.2, 0.25) is 0 Å². The number of hydrogen-bond donors (Lipinski definition) is 2. The summed E-state index contributed by atoms with van der Waals surface area (Å²) in [7, 11) is 1.90. The van der Waals surface area contributed by atoms with Crippen LogP contribution in [0.1, 0.15) is 40.0 Å². The van der Waals surface area contributed by atoms with E-state index < -0.39 is 5.60 Å². The largest absolute Gasteiger partial charge is 0.444 e. The number of aromatic nitrogens is 2. The lowest BCUT2D eigenvalue weighted by Crippen LogP contribution is -2.38. The minimum absolute atomic E-state index is 0.180. The van der Waals surface area contributed by atoms with Crippen molar-refractivity contribution in [2.24, 2.45) is 7.05 Å². The van der Waals surface area contributed by atoms with Crippen molar-refractivity contribution in [2.75, 3.05) is 5.32 Å². The third-order valence-electron chi connectivity index (χ3n) is 3.23.